The van der Waals surface area contributed by atoms with Crippen molar-refractivity contribution in [2.75, 3.05) is 13.1 Å². The van der Waals surface area contributed by atoms with Crippen molar-refractivity contribution in [3.8, 4) is 11.4 Å². The van der Waals surface area contributed by atoms with Gasteiger partial charge >= 0.3 is 0 Å². The van der Waals surface area contributed by atoms with E-state index in [-0.39, 0.29) is 11.8 Å². The fraction of sp³-hybridized carbons (Fsp3) is 0.176. The van der Waals surface area contributed by atoms with Crippen LogP contribution in [0.2, 0.25) is 5.02 Å². The van der Waals surface area contributed by atoms with Crippen LogP contribution in [-0.4, -0.2) is 39.0 Å². The summed E-state index contributed by atoms with van der Waals surface area (Å²) < 4.78 is 5.34. The van der Waals surface area contributed by atoms with Gasteiger partial charge in [-0.1, -0.05) is 22.8 Å². The topological polar surface area (TPSA) is 72.1 Å². The maximum absolute atomic E-state index is 12.4. The summed E-state index contributed by atoms with van der Waals surface area (Å²) in [4.78, 5) is 22.5. The predicted molar refractivity (Wildman–Crippen MR) is 87.6 cm³/mol. The monoisotopic (exact) mass is 340 g/mol. The van der Waals surface area contributed by atoms with Crippen molar-refractivity contribution in [2.24, 2.45) is 0 Å². The number of rotatable bonds is 3. The highest BCUT2D eigenvalue weighted by Gasteiger charge is 2.36. The minimum atomic E-state index is -0.0392. The number of aromatic nitrogens is 3. The molecule has 0 saturated carbocycles. The minimum Gasteiger partial charge on any atom is -0.339 e. The third-order valence-corrected chi connectivity index (χ3v) is 4.20. The molecule has 0 bridgehead atoms. The van der Waals surface area contributed by atoms with Crippen molar-refractivity contribution >= 4 is 17.5 Å². The van der Waals surface area contributed by atoms with Gasteiger partial charge in [-0.2, -0.15) is 4.98 Å². The Morgan fingerprint density at radius 1 is 1.21 bits per heavy atom. The number of amides is 1. The first kappa shape index (κ1) is 14.8. The standard InChI is InChI=1S/C17H13ClN4O2/c18-14-3-1-2-12(8-14)17(23)22-9-13(10-22)16-20-15(21-24-16)11-4-6-19-7-5-11/h1-8,13H,9-10H2. The molecule has 6 nitrogen and oxygen atoms in total. The summed E-state index contributed by atoms with van der Waals surface area (Å²) >= 11 is 5.93. The van der Waals surface area contributed by atoms with E-state index in [1.165, 1.54) is 0 Å². The number of carbonyl (C=O) groups is 1. The number of nitrogens with zero attached hydrogens (tertiary/aromatic N) is 4. The van der Waals surface area contributed by atoms with Crippen molar-refractivity contribution in [2.45, 2.75) is 5.92 Å². The molecule has 0 radical (unpaired) electrons. The molecule has 1 fully saturated rings. The maximum atomic E-state index is 12.4. The molecule has 3 aromatic rings. The predicted octanol–water partition coefficient (Wildman–Crippen LogP) is 3.02. The van der Waals surface area contributed by atoms with Gasteiger partial charge in [0, 0.05) is 41.6 Å². The Balaban J connectivity index is 1.43. The number of carbonyl (C=O) groups excluding carboxylic acids is 1. The van der Waals surface area contributed by atoms with Gasteiger partial charge in [-0.3, -0.25) is 9.78 Å². The Bertz CT molecular complexity index is 875. The van der Waals surface area contributed by atoms with Gasteiger partial charge in [-0.25, -0.2) is 0 Å². The number of pyridine rings is 1. The molecule has 120 valence electrons. The molecule has 24 heavy (non-hydrogen) atoms. The lowest BCUT2D eigenvalue weighted by molar-refractivity contribution is 0.0569. The van der Waals surface area contributed by atoms with Gasteiger partial charge in [-0.15, -0.1) is 0 Å². The molecule has 2 aromatic heterocycles. The molecule has 0 spiro atoms. The van der Waals surface area contributed by atoms with Crippen LogP contribution >= 0.6 is 11.6 Å². The first-order chi connectivity index (χ1) is 11.7. The van der Waals surface area contributed by atoms with E-state index < -0.39 is 0 Å². The third kappa shape index (κ3) is 2.76. The molecule has 1 aliphatic rings. The normalized spacial score (nSPS) is 14.5. The maximum Gasteiger partial charge on any atom is 0.253 e. The average Bonchev–Trinajstić information content (AvgIpc) is 3.04. The zero-order valence-electron chi connectivity index (χ0n) is 12.6. The Kier molecular flexibility index (Phi) is 3.74. The largest absolute Gasteiger partial charge is 0.339 e. The number of hydrogen-bond acceptors (Lipinski definition) is 5. The van der Waals surface area contributed by atoms with E-state index in [1.807, 2.05) is 12.1 Å². The summed E-state index contributed by atoms with van der Waals surface area (Å²) in [5.41, 5.74) is 1.44. The van der Waals surface area contributed by atoms with Gasteiger partial charge in [0.25, 0.3) is 5.91 Å². The molecule has 0 unspecified atom stereocenters. The Hall–Kier alpha value is -2.73. The van der Waals surface area contributed by atoms with Crippen LogP contribution in [0, 0.1) is 0 Å². The molecular weight excluding hydrogens is 328 g/mol. The molecule has 1 saturated heterocycles. The highest BCUT2D eigenvalue weighted by Crippen LogP contribution is 2.29. The van der Waals surface area contributed by atoms with E-state index in [2.05, 4.69) is 15.1 Å². The summed E-state index contributed by atoms with van der Waals surface area (Å²) in [7, 11) is 0. The van der Waals surface area contributed by atoms with Crippen LogP contribution in [0.3, 0.4) is 0 Å². The molecule has 1 aromatic carbocycles. The lowest BCUT2D eigenvalue weighted by atomic mass is 9.99. The van der Waals surface area contributed by atoms with Crippen molar-refractivity contribution in [1.82, 2.24) is 20.0 Å². The number of hydrogen-bond donors (Lipinski definition) is 0. The van der Waals surface area contributed by atoms with Crippen molar-refractivity contribution in [1.29, 1.82) is 0 Å². The van der Waals surface area contributed by atoms with Gasteiger partial charge < -0.3 is 9.42 Å². The van der Waals surface area contributed by atoms with E-state index in [0.717, 1.165) is 5.56 Å². The second-order valence-corrected chi connectivity index (χ2v) is 6.05. The second-order valence-electron chi connectivity index (χ2n) is 5.61. The van der Waals surface area contributed by atoms with E-state index >= 15 is 0 Å². The fourth-order valence-electron chi connectivity index (χ4n) is 2.62. The van der Waals surface area contributed by atoms with E-state index in [4.69, 9.17) is 16.1 Å². The van der Waals surface area contributed by atoms with Crippen LogP contribution < -0.4 is 0 Å². The molecule has 0 N–H and O–H groups in total. The first-order valence-electron chi connectivity index (χ1n) is 7.49. The molecule has 0 aliphatic carbocycles. The van der Waals surface area contributed by atoms with Crippen LogP contribution in [0.4, 0.5) is 0 Å². The van der Waals surface area contributed by atoms with Gasteiger partial charge in [0.05, 0.1) is 5.92 Å². The van der Waals surface area contributed by atoms with E-state index in [1.54, 1.807) is 41.6 Å². The first-order valence-corrected chi connectivity index (χ1v) is 7.87. The van der Waals surface area contributed by atoms with Crippen LogP contribution in [0.15, 0.2) is 53.3 Å². The lowest BCUT2D eigenvalue weighted by Gasteiger charge is -2.37. The lowest BCUT2D eigenvalue weighted by Crippen LogP contribution is -2.48. The molecule has 0 atom stereocenters. The van der Waals surface area contributed by atoms with E-state index in [0.29, 0.717) is 35.4 Å². The van der Waals surface area contributed by atoms with E-state index in [9.17, 15) is 4.79 Å². The summed E-state index contributed by atoms with van der Waals surface area (Å²) in [5, 5.41) is 4.55. The highest BCUT2D eigenvalue weighted by atomic mass is 35.5. The molecule has 1 amide bonds. The molecule has 7 heteroatoms. The number of halogens is 1. The quantitative estimate of drug-likeness (QED) is 0.732. The summed E-state index contributed by atoms with van der Waals surface area (Å²) in [6, 6.07) is 10.6. The average molecular weight is 341 g/mol. The van der Waals surface area contributed by atoms with Gasteiger partial charge in [-0.05, 0) is 30.3 Å². The van der Waals surface area contributed by atoms with Crippen LogP contribution in [0.5, 0.6) is 0 Å². The Morgan fingerprint density at radius 3 is 2.75 bits per heavy atom. The van der Waals surface area contributed by atoms with Gasteiger partial charge in [0.15, 0.2) is 0 Å². The fourth-order valence-corrected chi connectivity index (χ4v) is 2.81. The van der Waals surface area contributed by atoms with Crippen LogP contribution in [-0.2, 0) is 0 Å². The molecule has 4 rings (SSSR count). The SMILES string of the molecule is O=C(c1cccc(Cl)c1)N1CC(c2nc(-c3ccncc3)no2)C1. The van der Waals surface area contributed by atoms with Crippen LogP contribution in [0.25, 0.3) is 11.4 Å². The Morgan fingerprint density at radius 2 is 2.00 bits per heavy atom. The van der Waals surface area contributed by atoms with Gasteiger partial charge in [0.2, 0.25) is 11.7 Å². The second kappa shape index (κ2) is 6.05. The van der Waals surface area contributed by atoms with Crippen molar-refractivity contribution < 1.29 is 9.32 Å². The Labute approximate surface area is 143 Å². The third-order valence-electron chi connectivity index (χ3n) is 3.97. The zero-order chi connectivity index (χ0) is 16.5. The summed E-state index contributed by atoms with van der Waals surface area (Å²) in [5.74, 6) is 1.11. The van der Waals surface area contributed by atoms with Crippen LogP contribution in [0.1, 0.15) is 22.2 Å². The van der Waals surface area contributed by atoms with Crippen molar-refractivity contribution in [3.63, 3.8) is 0 Å². The van der Waals surface area contributed by atoms with Crippen molar-refractivity contribution in [3.05, 3.63) is 65.3 Å². The zero-order valence-corrected chi connectivity index (χ0v) is 13.3. The molecule has 3 heterocycles. The number of likely N-dealkylation sites (tertiary alicyclic amines) is 1. The minimum absolute atomic E-state index is 0.0392. The summed E-state index contributed by atoms with van der Waals surface area (Å²) in [6.07, 6.45) is 3.36. The number of benzene rings is 1. The highest BCUT2D eigenvalue weighted by molar-refractivity contribution is 6.30. The molecular formula is C17H13ClN4O2. The smallest absolute Gasteiger partial charge is 0.253 e. The summed E-state index contributed by atoms with van der Waals surface area (Å²) in [6.45, 7) is 1.12. The molecule has 1 aliphatic heterocycles. The van der Waals surface area contributed by atoms with Gasteiger partial charge in [0.1, 0.15) is 0 Å².